The number of para-hydroxylation sites is 1. The van der Waals surface area contributed by atoms with Crippen molar-refractivity contribution >= 4 is 23.4 Å². The van der Waals surface area contributed by atoms with Crippen molar-refractivity contribution in [1.29, 1.82) is 0 Å². The number of carbonyl (C=O) groups excluding carboxylic acids is 1. The van der Waals surface area contributed by atoms with Crippen molar-refractivity contribution in [2.45, 2.75) is 0 Å². The fourth-order valence-electron chi connectivity index (χ4n) is 2.23. The van der Waals surface area contributed by atoms with E-state index in [0.29, 0.717) is 16.9 Å². The van der Waals surface area contributed by atoms with Gasteiger partial charge in [-0.15, -0.1) is 0 Å². The molecule has 1 aromatic heterocycles. The molecule has 1 amide bonds. The van der Waals surface area contributed by atoms with Crippen LogP contribution in [0.15, 0.2) is 60.8 Å². The van der Waals surface area contributed by atoms with Crippen molar-refractivity contribution in [2.75, 3.05) is 11.1 Å². The SMILES string of the molecule is Nc1ncc(-c2cccc(C(=O)O)c2)nc1C(=O)Nc1ccccc1.[HH].[HH].[HH]. The smallest absolute Gasteiger partial charge is 0.335 e. The van der Waals surface area contributed by atoms with Crippen LogP contribution in [-0.2, 0) is 0 Å². The van der Waals surface area contributed by atoms with Gasteiger partial charge in [-0.05, 0) is 24.3 Å². The van der Waals surface area contributed by atoms with Crippen LogP contribution in [0.1, 0.15) is 25.1 Å². The summed E-state index contributed by atoms with van der Waals surface area (Å²) in [6.45, 7) is 0. The topological polar surface area (TPSA) is 118 Å². The molecule has 0 fully saturated rings. The van der Waals surface area contributed by atoms with E-state index >= 15 is 0 Å². The van der Waals surface area contributed by atoms with Gasteiger partial charge in [0.15, 0.2) is 11.5 Å². The molecule has 3 aromatic rings. The number of amides is 1. The standard InChI is InChI=1S/C18H14N4O3.3H2/c19-16-15(17(23)21-13-7-2-1-3-8-13)22-14(10-20-16)11-5-4-6-12(9-11)18(24)25;;;/h1-10H,(H2,19,20)(H,21,23)(H,24,25);3*1H. The molecular weight excluding hydrogens is 320 g/mol. The van der Waals surface area contributed by atoms with Crippen LogP contribution in [0.5, 0.6) is 0 Å². The zero-order valence-electron chi connectivity index (χ0n) is 13.0. The van der Waals surface area contributed by atoms with E-state index in [-0.39, 0.29) is 21.4 Å². The molecule has 0 aliphatic carbocycles. The van der Waals surface area contributed by atoms with Gasteiger partial charge in [-0.3, -0.25) is 4.79 Å². The van der Waals surface area contributed by atoms with E-state index in [1.807, 2.05) is 6.07 Å². The predicted molar refractivity (Wildman–Crippen MR) is 99.6 cm³/mol. The van der Waals surface area contributed by atoms with Crippen LogP contribution in [0.2, 0.25) is 0 Å². The summed E-state index contributed by atoms with van der Waals surface area (Å²) in [7, 11) is 0. The summed E-state index contributed by atoms with van der Waals surface area (Å²) in [5.74, 6) is -1.55. The molecule has 0 spiro atoms. The monoisotopic (exact) mass is 340 g/mol. The second-order valence-electron chi connectivity index (χ2n) is 5.20. The van der Waals surface area contributed by atoms with E-state index in [1.54, 1.807) is 36.4 Å². The largest absolute Gasteiger partial charge is 0.478 e. The van der Waals surface area contributed by atoms with Crippen LogP contribution in [0.4, 0.5) is 11.5 Å². The number of carbonyl (C=O) groups is 2. The lowest BCUT2D eigenvalue weighted by atomic mass is 10.1. The summed E-state index contributed by atoms with van der Waals surface area (Å²) in [5, 5.41) is 11.8. The summed E-state index contributed by atoms with van der Waals surface area (Å²) < 4.78 is 0. The number of nitrogens with one attached hydrogen (secondary N) is 1. The molecule has 25 heavy (non-hydrogen) atoms. The molecule has 7 nitrogen and oxygen atoms in total. The van der Waals surface area contributed by atoms with Crippen molar-refractivity contribution in [3.05, 3.63) is 72.1 Å². The fourth-order valence-corrected chi connectivity index (χ4v) is 2.23. The van der Waals surface area contributed by atoms with Crippen LogP contribution in [0.25, 0.3) is 11.3 Å². The highest BCUT2D eigenvalue weighted by atomic mass is 16.4. The Bertz CT molecular complexity index is 956. The van der Waals surface area contributed by atoms with Gasteiger partial charge in [-0.2, -0.15) is 0 Å². The van der Waals surface area contributed by atoms with Gasteiger partial charge in [0, 0.05) is 15.5 Å². The molecule has 130 valence electrons. The van der Waals surface area contributed by atoms with Crippen LogP contribution in [-0.4, -0.2) is 27.0 Å². The Kier molecular flexibility index (Phi) is 4.38. The Hall–Kier alpha value is -3.74. The Labute approximate surface area is 147 Å². The van der Waals surface area contributed by atoms with E-state index in [4.69, 9.17) is 10.8 Å². The predicted octanol–water partition coefficient (Wildman–Crippen LogP) is 3.41. The van der Waals surface area contributed by atoms with Gasteiger partial charge in [0.1, 0.15) is 0 Å². The summed E-state index contributed by atoms with van der Waals surface area (Å²) in [6.07, 6.45) is 1.40. The average molecular weight is 340 g/mol. The van der Waals surface area contributed by atoms with Gasteiger partial charge in [0.05, 0.1) is 17.5 Å². The highest BCUT2D eigenvalue weighted by Gasteiger charge is 2.15. The minimum Gasteiger partial charge on any atom is -0.478 e. The maximum Gasteiger partial charge on any atom is 0.335 e. The minimum atomic E-state index is -1.05. The lowest BCUT2D eigenvalue weighted by molar-refractivity contribution is 0.0696. The number of aromatic carboxylic acids is 1. The Morgan fingerprint density at radius 3 is 2.56 bits per heavy atom. The number of nitrogen functional groups attached to an aromatic ring is 1. The van der Waals surface area contributed by atoms with E-state index in [0.717, 1.165) is 0 Å². The zero-order chi connectivity index (χ0) is 17.8. The summed E-state index contributed by atoms with van der Waals surface area (Å²) in [4.78, 5) is 31.7. The van der Waals surface area contributed by atoms with E-state index in [2.05, 4.69) is 15.3 Å². The molecule has 0 saturated heterocycles. The number of anilines is 2. The highest BCUT2D eigenvalue weighted by Crippen LogP contribution is 2.20. The van der Waals surface area contributed by atoms with Gasteiger partial charge in [-0.25, -0.2) is 14.8 Å². The summed E-state index contributed by atoms with van der Waals surface area (Å²) in [6, 6.07) is 15.1. The number of aromatic nitrogens is 2. The van der Waals surface area contributed by atoms with Crippen LogP contribution < -0.4 is 11.1 Å². The number of hydrogen-bond acceptors (Lipinski definition) is 5. The third-order valence-corrected chi connectivity index (χ3v) is 3.45. The molecule has 0 atom stereocenters. The Morgan fingerprint density at radius 2 is 1.84 bits per heavy atom. The van der Waals surface area contributed by atoms with E-state index in [1.165, 1.54) is 18.3 Å². The molecule has 0 radical (unpaired) electrons. The second-order valence-corrected chi connectivity index (χ2v) is 5.20. The number of benzene rings is 2. The Morgan fingerprint density at radius 1 is 1.08 bits per heavy atom. The van der Waals surface area contributed by atoms with Gasteiger partial charge in [0.2, 0.25) is 0 Å². The van der Waals surface area contributed by atoms with Crippen LogP contribution in [0, 0.1) is 0 Å². The van der Waals surface area contributed by atoms with Crippen molar-refractivity contribution in [3.63, 3.8) is 0 Å². The maximum atomic E-state index is 12.4. The first kappa shape index (κ1) is 16.1. The molecule has 3 rings (SSSR count). The number of rotatable bonds is 4. The maximum absolute atomic E-state index is 12.4. The first-order valence-corrected chi connectivity index (χ1v) is 7.37. The second kappa shape index (κ2) is 6.79. The molecular formula is C18H20N4O3. The average Bonchev–Trinajstić information content (AvgIpc) is 2.63. The van der Waals surface area contributed by atoms with Gasteiger partial charge < -0.3 is 16.2 Å². The van der Waals surface area contributed by atoms with Crippen molar-refractivity contribution < 1.29 is 19.0 Å². The number of carboxylic acid groups (broad SMARTS) is 1. The van der Waals surface area contributed by atoms with Crippen molar-refractivity contribution in [2.24, 2.45) is 0 Å². The molecule has 0 aliphatic heterocycles. The molecule has 1 heterocycles. The van der Waals surface area contributed by atoms with Crippen molar-refractivity contribution in [3.8, 4) is 11.3 Å². The molecule has 0 aliphatic rings. The summed E-state index contributed by atoms with van der Waals surface area (Å²) in [5.41, 5.74) is 7.35. The molecule has 0 unspecified atom stereocenters. The lowest BCUT2D eigenvalue weighted by Gasteiger charge is -2.08. The highest BCUT2D eigenvalue weighted by molar-refractivity contribution is 6.06. The lowest BCUT2D eigenvalue weighted by Crippen LogP contribution is -2.17. The van der Waals surface area contributed by atoms with E-state index < -0.39 is 11.9 Å². The van der Waals surface area contributed by atoms with E-state index in [9.17, 15) is 9.59 Å². The third-order valence-electron chi connectivity index (χ3n) is 3.45. The minimum absolute atomic E-state index is 0. The van der Waals surface area contributed by atoms with Crippen LogP contribution in [0.3, 0.4) is 0 Å². The quantitative estimate of drug-likeness (QED) is 0.670. The van der Waals surface area contributed by atoms with Gasteiger partial charge in [0.25, 0.3) is 5.91 Å². The first-order chi connectivity index (χ1) is 12.0. The fraction of sp³-hybridized carbons (Fsp3) is 0. The zero-order valence-corrected chi connectivity index (χ0v) is 13.0. The molecule has 4 N–H and O–H groups in total. The molecule has 0 saturated carbocycles. The Balaban J connectivity index is 0.00000243. The number of carboxylic acids is 1. The molecule has 7 heteroatoms. The number of nitrogens with zero attached hydrogens (tertiary/aromatic N) is 2. The third kappa shape index (κ3) is 3.61. The summed E-state index contributed by atoms with van der Waals surface area (Å²) >= 11 is 0. The molecule has 0 bridgehead atoms. The first-order valence-electron chi connectivity index (χ1n) is 7.37. The van der Waals surface area contributed by atoms with Crippen molar-refractivity contribution in [1.82, 2.24) is 9.97 Å². The van der Waals surface area contributed by atoms with Crippen LogP contribution >= 0.6 is 0 Å². The van der Waals surface area contributed by atoms with Gasteiger partial charge >= 0.3 is 5.97 Å². The van der Waals surface area contributed by atoms with Gasteiger partial charge in [-0.1, -0.05) is 30.3 Å². The number of hydrogen-bond donors (Lipinski definition) is 3. The molecule has 2 aromatic carbocycles. The normalized spacial score (nSPS) is 10.2. The number of nitrogens with two attached hydrogens (primary N) is 1.